The van der Waals surface area contributed by atoms with E-state index in [9.17, 15) is 13.6 Å². The van der Waals surface area contributed by atoms with Crippen molar-refractivity contribution in [2.24, 2.45) is 0 Å². The normalized spacial score (nSPS) is 18.5. The monoisotopic (exact) mass is 313 g/mol. The predicted molar refractivity (Wildman–Crippen MR) is 78.1 cm³/mol. The average molecular weight is 313 g/mol. The quantitative estimate of drug-likeness (QED) is 0.835. The van der Waals surface area contributed by atoms with Crippen LogP contribution in [0.4, 0.5) is 13.6 Å². The number of hydrogen-bond donors (Lipinski definition) is 0. The number of rotatable bonds is 2. The van der Waals surface area contributed by atoms with Crippen molar-refractivity contribution in [3.63, 3.8) is 0 Å². The summed E-state index contributed by atoms with van der Waals surface area (Å²) in [6.07, 6.45) is 0.198. The molecule has 4 nitrogen and oxygen atoms in total. The molecule has 0 bridgehead atoms. The van der Waals surface area contributed by atoms with E-state index in [4.69, 9.17) is 9.47 Å². The summed E-state index contributed by atoms with van der Waals surface area (Å²) >= 11 is 0. The molecular formula is C16H21F2NO3. The highest BCUT2D eigenvalue weighted by Crippen LogP contribution is 2.36. The summed E-state index contributed by atoms with van der Waals surface area (Å²) in [5.41, 5.74) is -0.122. The second-order valence-electron chi connectivity index (χ2n) is 6.42. The van der Waals surface area contributed by atoms with Crippen LogP contribution in [0.1, 0.15) is 38.7 Å². The predicted octanol–water partition coefficient (Wildman–Crippen LogP) is 3.70. The lowest BCUT2D eigenvalue weighted by atomic mass is 9.97. The SMILES string of the molecule is COc1c(F)cc(F)cc1C1CCN(C(=O)OC(C)(C)C)C1. The zero-order chi connectivity index (χ0) is 16.5. The molecule has 1 unspecified atom stereocenters. The highest BCUT2D eigenvalue weighted by Gasteiger charge is 2.32. The maximum absolute atomic E-state index is 13.8. The van der Waals surface area contributed by atoms with Gasteiger partial charge in [-0.05, 0) is 33.3 Å². The van der Waals surface area contributed by atoms with Gasteiger partial charge in [0.15, 0.2) is 11.6 Å². The maximum atomic E-state index is 13.8. The molecule has 0 aromatic heterocycles. The van der Waals surface area contributed by atoms with Gasteiger partial charge in [-0.15, -0.1) is 0 Å². The van der Waals surface area contributed by atoms with Crippen LogP contribution >= 0.6 is 0 Å². The molecule has 1 aromatic rings. The molecule has 6 heteroatoms. The first-order chi connectivity index (χ1) is 10.2. The Morgan fingerprint density at radius 3 is 2.59 bits per heavy atom. The number of carbonyl (C=O) groups excluding carboxylic acids is 1. The Hall–Kier alpha value is -1.85. The van der Waals surface area contributed by atoms with Crippen molar-refractivity contribution in [3.05, 3.63) is 29.3 Å². The van der Waals surface area contributed by atoms with Crippen LogP contribution in [0.2, 0.25) is 0 Å². The van der Waals surface area contributed by atoms with Gasteiger partial charge in [-0.25, -0.2) is 13.6 Å². The van der Waals surface area contributed by atoms with Crippen molar-refractivity contribution >= 4 is 6.09 Å². The van der Waals surface area contributed by atoms with Crippen molar-refractivity contribution in [1.82, 2.24) is 4.90 Å². The van der Waals surface area contributed by atoms with E-state index < -0.39 is 23.3 Å². The van der Waals surface area contributed by atoms with E-state index in [1.807, 2.05) is 0 Å². The van der Waals surface area contributed by atoms with Gasteiger partial charge in [0, 0.05) is 30.6 Å². The highest BCUT2D eigenvalue weighted by atomic mass is 19.1. The topological polar surface area (TPSA) is 38.8 Å². The Labute approximate surface area is 129 Å². The van der Waals surface area contributed by atoms with Crippen molar-refractivity contribution in [2.45, 2.75) is 38.7 Å². The van der Waals surface area contributed by atoms with E-state index >= 15 is 0 Å². The second kappa shape index (κ2) is 6.10. The summed E-state index contributed by atoms with van der Waals surface area (Å²) in [6.45, 7) is 6.23. The highest BCUT2D eigenvalue weighted by molar-refractivity contribution is 5.68. The minimum atomic E-state index is -0.729. The third-order valence-corrected chi connectivity index (χ3v) is 3.52. The zero-order valence-corrected chi connectivity index (χ0v) is 13.3. The van der Waals surface area contributed by atoms with Crippen LogP contribution in [0, 0.1) is 11.6 Å². The van der Waals surface area contributed by atoms with E-state index in [0.29, 0.717) is 25.1 Å². The molecule has 0 saturated carbocycles. The molecule has 1 aromatic carbocycles. The molecule has 2 rings (SSSR count). The fourth-order valence-electron chi connectivity index (χ4n) is 2.61. The molecule has 0 aliphatic carbocycles. The molecule has 0 spiro atoms. The first-order valence-electron chi connectivity index (χ1n) is 7.22. The Morgan fingerprint density at radius 2 is 2.00 bits per heavy atom. The molecule has 1 saturated heterocycles. The van der Waals surface area contributed by atoms with Crippen LogP contribution in [0.15, 0.2) is 12.1 Å². The Balaban J connectivity index is 2.15. The van der Waals surface area contributed by atoms with Crippen molar-refractivity contribution in [2.75, 3.05) is 20.2 Å². The van der Waals surface area contributed by atoms with Crippen molar-refractivity contribution < 1.29 is 23.0 Å². The van der Waals surface area contributed by atoms with Gasteiger partial charge >= 0.3 is 6.09 Å². The molecule has 0 N–H and O–H groups in total. The number of likely N-dealkylation sites (tertiary alicyclic amines) is 1. The fourth-order valence-corrected chi connectivity index (χ4v) is 2.61. The third kappa shape index (κ3) is 3.67. The zero-order valence-electron chi connectivity index (χ0n) is 13.3. The van der Waals surface area contributed by atoms with Crippen LogP contribution in [0.5, 0.6) is 5.75 Å². The lowest BCUT2D eigenvalue weighted by Gasteiger charge is -2.24. The molecule has 0 radical (unpaired) electrons. The molecule has 22 heavy (non-hydrogen) atoms. The Bertz CT molecular complexity index is 569. The lowest BCUT2D eigenvalue weighted by Crippen LogP contribution is -2.35. The summed E-state index contributed by atoms with van der Waals surface area (Å²) in [5, 5.41) is 0. The van der Waals surface area contributed by atoms with Gasteiger partial charge in [0.25, 0.3) is 0 Å². The summed E-state index contributed by atoms with van der Waals surface area (Å²) in [4.78, 5) is 13.6. The number of nitrogens with zero attached hydrogens (tertiary/aromatic N) is 1. The van der Waals surface area contributed by atoms with Gasteiger partial charge in [-0.2, -0.15) is 0 Å². The fraction of sp³-hybridized carbons (Fsp3) is 0.562. The summed E-state index contributed by atoms with van der Waals surface area (Å²) < 4.78 is 37.6. The first kappa shape index (κ1) is 16.5. The third-order valence-electron chi connectivity index (χ3n) is 3.52. The van der Waals surface area contributed by atoms with Gasteiger partial charge in [0.1, 0.15) is 11.4 Å². The van der Waals surface area contributed by atoms with Crippen LogP contribution in [-0.2, 0) is 4.74 Å². The summed E-state index contributed by atoms with van der Waals surface area (Å²) in [7, 11) is 1.35. The maximum Gasteiger partial charge on any atom is 0.410 e. The van der Waals surface area contributed by atoms with Gasteiger partial charge in [0.05, 0.1) is 7.11 Å². The number of ether oxygens (including phenoxy) is 2. The van der Waals surface area contributed by atoms with Gasteiger partial charge in [0.2, 0.25) is 0 Å². The Morgan fingerprint density at radius 1 is 1.32 bits per heavy atom. The first-order valence-corrected chi connectivity index (χ1v) is 7.22. The van der Waals surface area contributed by atoms with E-state index in [2.05, 4.69) is 0 Å². The van der Waals surface area contributed by atoms with Crippen LogP contribution in [0.25, 0.3) is 0 Å². The molecule has 1 fully saturated rings. The van der Waals surface area contributed by atoms with Crippen LogP contribution < -0.4 is 4.74 Å². The second-order valence-corrected chi connectivity index (χ2v) is 6.42. The number of hydrogen-bond acceptors (Lipinski definition) is 3. The van der Waals surface area contributed by atoms with E-state index in [1.165, 1.54) is 13.2 Å². The van der Waals surface area contributed by atoms with Crippen molar-refractivity contribution in [1.29, 1.82) is 0 Å². The minimum absolute atomic E-state index is 0.0393. The molecular weight excluding hydrogens is 292 g/mol. The summed E-state index contributed by atoms with van der Waals surface area (Å²) in [6, 6.07) is 2.06. The summed E-state index contributed by atoms with van der Waals surface area (Å²) in [5.74, 6) is -1.51. The van der Waals surface area contributed by atoms with Gasteiger partial charge in [-0.1, -0.05) is 0 Å². The number of benzene rings is 1. The number of methoxy groups -OCH3 is 1. The van der Waals surface area contributed by atoms with Crippen LogP contribution in [-0.4, -0.2) is 36.8 Å². The standard InChI is InChI=1S/C16H21F2NO3/c1-16(2,3)22-15(20)19-6-5-10(9-19)12-7-11(17)8-13(18)14(12)21-4/h7-8,10H,5-6,9H2,1-4H3. The van der Waals surface area contributed by atoms with Gasteiger partial charge < -0.3 is 14.4 Å². The number of amides is 1. The number of halogens is 2. The van der Waals surface area contributed by atoms with Crippen molar-refractivity contribution in [3.8, 4) is 5.75 Å². The molecule has 1 amide bonds. The molecule has 1 atom stereocenters. The average Bonchev–Trinajstić information content (AvgIpc) is 2.85. The molecule has 1 aliphatic rings. The minimum Gasteiger partial charge on any atom is -0.493 e. The van der Waals surface area contributed by atoms with E-state index in [1.54, 1.807) is 25.7 Å². The Kier molecular flexibility index (Phi) is 4.58. The van der Waals surface area contributed by atoms with E-state index in [0.717, 1.165) is 6.07 Å². The molecule has 1 heterocycles. The largest absolute Gasteiger partial charge is 0.493 e. The lowest BCUT2D eigenvalue weighted by molar-refractivity contribution is 0.0292. The number of carbonyl (C=O) groups is 1. The van der Waals surface area contributed by atoms with E-state index in [-0.39, 0.29) is 11.7 Å². The molecule has 122 valence electrons. The van der Waals surface area contributed by atoms with Crippen LogP contribution in [0.3, 0.4) is 0 Å². The smallest absolute Gasteiger partial charge is 0.410 e. The molecule has 1 aliphatic heterocycles. The van der Waals surface area contributed by atoms with Gasteiger partial charge in [-0.3, -0.25) is 0 Å².